The topological polar surface area (TPSA) is 98.3 Å². The predicted octanol–water partition coefficient (Wildman–Crippen LogP) is 5.04. The standard InChI is InChI=1S/C29H23N3O3/c1-17-8-11-19(12-9-17)21(25-27(33)31-29(35)32-28(25)34)13-14-22-23-16-18(2)10-15-24(23)30-26(22)20-6-4-3-5-7-20/h3-16H,1-2H3,(H3,31,32,33,34,35)/b21-13+,22-14+. The molecule has 6 heteroatoms. The SMILES string of the molecule is Cc1ccc(/C(=C\C=C2\C(c3ccccc3)=Nc3ccc(C)cc32)c2c(O)[nH]c(=O)[nH]c2=O)cc1. The molecule has 0 saturated heterocycles. The fourth-order valence-corrected chi connectivity index (χ4v) is 4.20. The Balaban J connectivity index is 1.75. The zero-order chi connectivity index (χ0) is 24.5. The normalized spacial score (nSPS) is 14.2. The molecule has 2 heterocycles. The van der Waals surface area contributed by atoms with Crippen LogP contribution in [0.15, 0.2) is 99.5 Å². The van der Waals surface area contributed by atoms with Crippen molar-refractivity contribution in [3.05, 3.63) is 139 Å². The maximum atomic E-state index is 12.7. The van der Waals surface area contributed by atoms with Gasteiger partial charge in [0.15, 0.2) is 0 Å². The lowest BCUT2D eigenvalue weighted by atomic mass is 9.94. The van der Waals surface area contributed by atoms with E-state index >= 15 is 0 Å². The van der Waals surface area contributed by atoms with Crippen molar-refractivity contribution in [1.29, 1.82) is 0 Å². The van der Waals surface area contributed by atoms with Gasteiger partial charge >= 0.3 is 5.69 Å². The first-order valence-corrected chi connectivity index (χ1v) is 11.2. The Hall–Kier alpha value is -4.71. The van der Waals surface area contributed by atoms with Crippen molar-refractivity contribution in [2.24, 2.45) is 4.99 Å². The zero-order valence-electron chi connectivity index (χ0n) is 19.3. The van der Waals surface area contributed by atoms with Gasteiger partial charge in [0.25, 0.3) is 5.56 Å². The first-order chi connectivity index (χ1) is 16.9. The molecule has 0 fully saturated rings. The molecule has 35 heavy (non-hydrogen) atoms. The van der Waals surface area contributed by atoms with Gasteiger partial charge in [-0.1, -0.05) is 83.9 Å². The highest BCUT2D eigenvalue weighted by Crippen LogP contribution is 2.38. The quantitative estimate of drug-likeness (QED) is 0.397. The van der Waals surface area contributed by atoms with Crippen LogP contribution in [0, 0.1) is 13.8 Å². The van der Waals surface area contributed by atoms with Crippen LogP contribution in [0.25, 0.3) is 11.1 Å². The summed E-state index contributed by atoms with van der Waals surface area (Å²) >= 11 is 0. The highest BCUT2D eigenvalue weighted by atomic mass is 16.3. The maximum Gasteiger partial charge on any atom is 0.328 e. The summed E-state index contributed by atoms with van der Waals surface area (Å²) in [6.07, 6.45) is 3.70. The van der Waals surface area contributed by atoms with Gasteiger partial charge in [-0.05, 0) is 37.1 Å². The lowest BCUT2D eigenvalue weighted by Gasteiger charge is -2.10. The molecule has 0 unspecified atom stereocenters. The lowest BCUT2D eigenvalue weighted by molar-refractivity contribution is 0.446. The van der Waals surface area contributed by atoms with Crippen molar-refractivity contribution in [2.75, 3.05) is 0 Å². The zero-order valence-corrected chi connectivity index (χ0v) is 19.3. The molecule has 0 aliphatic carbocycles. The van der Waals surface area contributed by atoms with Crippen LogP contribution >= 0.6 is 0 Å². The molecule has 4 aromatic rings. The first-order valence-electron chi connectivity index (χ1n) is 11.2. The Labute approximate surface area is 201 Å². The largest absolute Gasteiger partial charge is 0.494 e. The third-order valence-corrected chi connectivity index (χ3v) is 5.95. The van der Waals surface area contributed by atoms with Crippen LogP contribution < -0.4 is 11.2 Å². The van der Waals surface area contributed by atoms with Crippen molar-refractivity contribution in [3.8, 4) is 5.88 Å². The van der Waals surface area contributed by atoms with Crippen LogP contribution in [-0.2, 0) is 0 Å². The van der Waals surface area contributed by atoms with E-state index in [0.29, 0.717) is 5.57 Å². The van der Waals surface area contributed by atoms with E-state index in [0.717, 1.165) is 44.8 Å². The average molecular weight is 462 g/mol. The highest BCUT2D eigenvalue weighted by molar-refractivity contribution is 6.36. The molecule has 0 saturated carbocycles. The number of rotatable bonds is 4. The summed E-state index contributed by atoms with van der Waals surface area (Å²) < 4.78 is 0. The van der Waals surface area contributed by atoms with Gasteiger partial charge in [-0.3, -0.25) is 14.8 Å². The van der Waals surface area contributed by atoms with Crippen LogP contribution in [-0.4, -0.2) is 20.8 Å². The van der Waals surface area contributed by atoms with E-state index in [4.69, 9.17) is 4.99 Å². The van der Waals surface area contributed by atoms with Crippen LogP contribution in [0.5, 0.6) is 5.88 Å². The molecular formula is C29H23N3O3. The molecule has 6 nitrogen and oxygen atoms in total. The average Bonchev–Trinajstić information content (AvgIpc) is 3.19. The predicted molar refractivity (Wildman–Crippen MR) is 139 cm³/mol. The number of aromatic hydroxyl groups is 1. The summed E-state index contributed by atoms with van der Waals surface area (Å²) in [6.45, 7) is 4.00. The number of fused-ring (bicyclic) bond motifs is 1. The van der Waals surface area contributed by atoms with Gasteiger partial charge in [0.05, 0.1) is 11.4 Å². The molecule has 0 amide bonds. The van der Waals surface area contributed by atoms with E-state index in [-0.39, 0.29) is 5.56 Å². The number of hydrogen-bond donors (Lipinski definition) is 3. The molecule has 0 bridgehead atoms. The summed E-state index contributed by atoms with van der Waals surface area (Å²) in [5.74, 6) is -0.483. The first kappa shape index (κ1) is 22.1. The number of aromatic amines is 2. The molecule has 3 aromatic carbocycles. The fourth-order valence-electron chi connectivity index (χ4n) is 4.20. The summed E-state index contributed by atoms with van der Waals surface area (Å²) in [7, 11) is 0. The molecule has 5 rings (SSSR count). The Morgan fingerprint density at radius 2 is 1.60 bits per heavy atom. The molecule has 0 atom stereocenters. The second-order valence-corrected chi connectivity index (χ2v) is 8.51. The van der Waals surface area contributed by atoms with Crippen molar-refractivity contribution < 1.29 is 5.11 Å². The van der Waals surface area contributed by atoms with Crippen molar-refractivity contribution in [3.63, 3.8) is 0 Å². The van der Waals surface area contributed by atoms with Gasteiger partial charge in [0.2, 0.25) is 5.88 Å². The monoisotopic (exact) mass is 461 g/mol. The van der Waals surface area contributed by atoms with E-state index in [1.807, 2.05) is 86.7 Å². The van der Waals surface area contributed by atoms with Gasteiger partial charge in [0, 0.05) is 16.7 Å². The van der Waals surface area contributed by atoms with E-state index in [2.05, 4.69) is 16.0 Å². The molecule has 3 N–H and O–H groups in total. The number of allylic oxidation sites excluding steroid dienone is 3. The number of nitrogens with zero attached hydrogens (tertiary/aromatic N) is 1. The van der Waals surface area contributed by atoms with Gasteiger partial charge in [-0.25, -0.2) is 9.79 Å². The van der Waals surface area contributed by atoms with E-state index in [1.54, 1.807) is 6.08 Å². The molecular weight excluding hydrogens is 438 g/mol. The number of aliphatic imine (C=N–C) groups is 1. The van der Waals surface area contributed by atoms with Crippen LogP contribution in [0.4, 0.5) is 5.69 Å². The second kappa shape index (κ2) is 8.91. The molecule has 0 radical (unpaired) electrons. The summed E-state index contributed by atoms with van der Waals surface area (Å²) in [4.78, 5) is 33.8. The minimum absolute atomic E-state index is 0.00837. The highest BCUT2D eigenvalue weighted by Gasteiger charge is 2.22. The van der Waals surface area contributed by atoms with Gasteiger partial charge < -0.3 is 5.11 Å². The Bertz CT molecular complexity index is 1640. The van der Waals surface area contributed by atoms with Gasteiger partial charge in [0.1, 0.15) is 5.56 Å². The second-order valence-electron chi connectivity index (χ2n) is 8.51. The minimum Gasteiger partial charge on any atom is -0.494 e. The third-order valence-electron chi connectivity index (χ3n) is 5.95. The number of aromatic nitrogens is 2. The van der Waals surface area contributed by atoms with Gasteiger partial charge in [-0.15, -0.1) is 0 Å². The summed E-state index contributed by atoms with van der Waals surface area (Å²) in [5.41, 5.74) is 6.48. The fraction of sp³-hybridized carbons (Fsp3) is 0.0690. The Kier molecular flexibility index (Phi) is 5.63. The molecule has 1 aliphatic rings. The molecule has 0 spiro atoms. The molecule has 1 aromatic heterocycles. The number of nitrogens with one attached hydrogen (secondary N) is 2. The van der Waals surface area contributed by atoms with Crippen molar-refractivity contribution in [1.82, 2.24) is 9.97 Å². The van der Waals surface area contributed by atoms with Crippen molar-refractivity contribution in [2.45, 2.75) is 13.8 Å². The van der Waals surface area contributed by atoms with E-state index < -0.39 is 17.1 Å². The number of aryl methyl sites for hydroxylation is 2. The van der Waals surface area contributed by atoms with Crippen molar-refractivity contribution >= 4 is 22.5 Å². The summed E-state index contributed by atoms with van der Waals surface area (Å²) in [5, 5.41) is 10.5. The minimum atomic E-state index is -0.767. The Morgan fingerprint density at radius 1 is 0.886 bits per heavy atom. The van der Waals surface area contributed by atoms with E-state index in [1.165, 1.54) is 0 Å². The molecule has 1 aliphatic heterocycles. The van der Waals surface area contributed by atoms with Crippen LogP contribution in [0.3, 0.4) is 0 Å². The smallest absolute Gasteiger partial charge is 0.328 e. The summed E-state index contributed by atoms with van der Waals surface area (Å²) in [6, 6.07) is 23.6. The molecule has 172 valence electrons. The maximum absolute atomic E-state index is 12.7. The van der Waals surface area contributed by atoms with Gasteiger partial charge in [-0.2, -0.15) is 0 Å². The Morgan fingerprint density at radius 3 is 2.31 bits per heavy atom. The number of H-pyrrole nitrogens is 2. The van der Waals surface area contributed by atoms with Crippen LogP contribution in [0.1, 0.15) is 33.4 Å². The van der Waals surface area contributed by atoms with Crippen LogP contribution in [0.2, 0.25) is 0 Å². The lowest BCUT2D eigenvalue weighted by Crippen LogP contribution is -2.24. The van der Waals surface area contributed by atoms with E-state index in [9.17, 15) is 14.7 Å². The number of hydrogen-bond acceptors (Lipinski definition) is 4. The number of benzene rings is 3. The third kappa shape index (κ3) is 4.29.